The minimum absolute atomic E-state index is 0.223. The number of fused-ring (bicyclic) bond motifs is 1. The number of pyridine rings is 2. The van der Waals surface area contributed by atoms with Gasteiger partial charge in [0.25, 0.3) is 5.56 Å². The van der Waals surface area contributed by atoms with Gasteiger partial charge in [0.1, 0.15) is 11.5 Å². The number of rotatable bonds is 6. The molecule has 4 aromatic heterocycles. The number of hydrogen-bond acceptors (Lipinski definition) is 8. The second-order valence-corrected chi connectivity index (χ2v) is 9.42. The third-order valence-corrected chi connectivity index (χ3v) is 6.92. The molecule has 0 radical (unpaired) electrons. The van der Waals surface area contributed by atoms with Crippen LogP contribution in [0, 0.1) is 6.92 Å². The molecule has 0 amide bonds. The van der Waals surface area contributed by atoms with Crippen LogP contribution < -0.4 is 20.9 Å². The molecule has 1 aliphatic rings. The zero-order valence-corrected chi connectivity index (χ0v) is 21.2. The maximum Gasteiger partial charge on any atom is 0.259 e. The van der Waals surface area contributed by atoms with Crippen LogP contribution >= 0.6 is 0 Å². The van der Waals surface area contributed by atoms with E-state index >= 15 is 0 Å². The highest BCUT2D eigenvalue weighted by atomic mass is 16.5. The molecule has 3 N–H and O–H groups in total. The van der Waals surface area contributed by atoms with E-state index in [9.17, 15) is 4.79 Å². The molecule has 1 aromatic carbocycles. The summed E-state index contributed by atoms with van der Waals surface area (Å²) in [6.07, 6.45) is 11.0. The van der Waals surface area contributed by atoms with E-state index < -0.39 is 0 Å². The van der Waals surface area contributed by atoms with Crippen molar-refractivity contribution in [3.05, 3.63) is 77.2 Å². The lowest BCUT2D eigenvalue weighted by Gasteiger charge is -2.22. The molecular weight excluding hydrogens is 480 g/mol. The summed E-state index contributed by atoms with van der Waals surface area (Å²) in [7, 11) is 1.54. The topological polar surface area (TPSA) is 123 Å². The standard InChI is InChI=1S/C28H28N8O2/c1-17-11-20(3-4-22(17)19-13-32-36(16-19)21-6-8-29-9-7-21)33-27-26-18(5-10-31-28(26)37)12-23(35-27)24-14-30-15-25(34-24)38-2/h3-5,10-16,21,29H,6-9H2,1-2H3,(H,31,37)(H,33,35). The number of benzene rings is 1. The molecule has 38 heavy (non-hydrogen) atoms. The van der Waals surface area contributed by atoms with Gasteiger partial charge in [0.05, 0.1) is 42.8 Å². The minimum atomic E-state index is -0.223. The van der Waals surface area contributed by atoms with Crippen LogP contribution in [0.3, 0.4) is 0 Å². The summed E-state index contributed by atoms with van der Waals surface area (Å²) in [6, 6.07) is 10.2. The van der Waals surface area contributed by atoms with Crippen molar-refractivity contribution in [1.29, 1.82) is 0 Å². The number of aryl methyl sites for hydroxylation is 1. The molecule has 1 fully saturated rings. The Balaban J connectivity index is 1.34. The summed E-state index contributed by atoms with van der Waals surface area (Å²) >= 11 is 0. The summed E-state index contributed by atoms with van der Waals surface area (Å²) in [5.41, 5.74) is 5.02. The van der Waals surface area contributed by atoms with Crippen molar-refractivity contribution in [2.24, 2.45) is 0 Å². The van der Waals surface area contributed by atoms with Crippen molar-refractivity contribution in [3.63, 3.8) is 0 Å². The fourth-order valence-corrected chi connectivity index (χ4v) is 4.96. The first kappa shape index (κ1) is 23.8. The van der Waals surface area contributed by atoms with Crippen molar-refractivity contribution in [1.82, 2.24) is 35.0 Å². The Morgan fingerprint density at radius 2 is 1.92 bits per heavy atom. The van der Waals surface area contributed by atoms with Crippen molar-refractivity contribution >= 4 is 22.3 Å². The normalized spacial score (nSPS) is 14.1. The Morgan fingerprint density at radius 3 is 2.74 bits per heavy atom. The molecule has 0 spiro atoms. The van der Waals surface area contributed by atoms with E-state index in [-0.39, 0.29) is 5.56 Å². The number of piperidine rings is 1. The number of methoxy groups -OCH3 is 1. The van der Waals surface area contributed by atoms with Crippen molar-refractivity contribution in [2.45, 2.75) is 25.8 Å². The summed E-state index contributed by atoms with van der Waals surface area (Å²) in [6.45, 7) is 4.12. The van der Waals surface area contributed by atoms with Gasteiger partial charge in [-0.2, -0.15) is 5.10 Å². The van der Waals surface area contributed by atoms with Gasteiger partial charge in [-0.05, 0) is 73.6 Å². The smallest absolute Gasteiger partial charge is 0.259 e. The molecule has 10 heteroatoms. The zero-order valence-electron chi connectivity index (χ0n) is 21.2. The Labute approximate surface area is 219 Å². The molecule has 0 aliphatic carbocycles. The van der Waals surface area contributed by atoms with E-state index in [0.29, 0.717) is 34.5 Å². The summed E-state index contributed by atoms with van der Waals surface area (Å²) < 4.78 is 7.32. The first-order valence-electron chi connectivity index (χ1n) is 12.6. The number of aromatic nitrogens is 6. The highest BCUT2D eigenvalue weighted by Crippen LogP contribution is 2.31. The van der Waals surface area contributed by atoms with Gasteiger partial charge in [0.15, 0.2) is 0 Å². The molecule has 1 saturated heterocycles. The predicted molar refractivity (Wildman–Crippen MR) is 147 cm³/mol. The summed E-state index contributed by atoms with van der Waals surface area (Å²) in [5.74, 6) is 0.828. The van der Waals surface area contributed by atoms with Crippen LogP contribution in [0.15, 0.2) is 66.1 Å². The van der Waals surface area contributed by atoms with Crippen LogP contribution in [-0.2, 0) is 0 Å². The van der Waals surface area contributed by atoms with Gasteiger partial charge in [0, 0.05) is 23.6 Å². The Kier molecular flexibility index (Phi) is 6.30. The number of nitrogens with zero attached hydrogens (tertiary/aromatic N) is 5. The minimum Gasteiger partial charge on any atom is -0.480 e. The fourth-order valence-electron chi connectivity index (χ4n) is 4.96. The van der Waals surface area contributed by atoms with Gasteiger partial charge >= 0.3 is 0 Å². The first-order chi connectivity index (χ1) is 18.6. The van der Waals surface area contributed by atoms with E-state index in [1.807, 2.05) is 24.4 Å². The van der Waals surface area contributed by atoms with Crippen LogP contribution in [-0.4, -0.2) is 49.9 Å². The van der Waals surface area contributed by atoms with Crippen molar-refractivity contribution < 1.29 is 4.74 Å². The SMILES string of the molecule is COc1cncc(-c2cc3cc[nH]c(=O)c3c(Nc3ccc(-c4cnn(C5CCNCC5)c4)c(C)c3)n2)n1. The van der Waals surface area contributed by atoms with Crippen LogP contribution in [0.5, 0.6) is 5.88 Å². The number of ether oxygens (including phenoxy) is 1. The summed E-state index contributed by atoms with van der Waals surface area (Å²) in [5, 5.41) is 12.6. The lowest BCUT2D eigenvalue weighted by molar-refractivity contribution is 0.343. The van der Waals surface area contributed by atoms with Crippen molar-refractivity contribution in [3.8, 4) is 28.4 Å². The van der Waals surface area contributed by atoms with Crippen LogP contribution in [0.4, 0.5) is 11.5 Å². The van der Waals surface area contributed by atoms with E-state index in [0.717, 1.165) is 53.7 Å². The van der Waals surface area contributed by atoms with E-state index in [1.165, 1.54) is 6.20 Å². The Hall–Kier alpha value is -4.57. The number of H-pyrrole nitrogens is 1. The molecule has 5 heterocycles. The largest absolute Gasteiger partial charge is 0.480 e. The van der Waals surface area contributed by atoms with Gasteiger partial charge in [-0.1, -0.05) is 6.07 Å². The van der Waals surface area contributed by atoms with Crippen LogP contribution in [0.2, 0.25) is 0 Å². The van der Waals surface area contributed by atoms with Crippen molar-refractivity contribution in [2.75, 3.05) is 25.5 Å². The van der Waals surface area contributed by atoms with Crippen LogP contribution in [0.1, 0.15) is 24.4 Å². The van der Waals surface area contributed by atoms with Gasteiger partial charge < -0.3 is 20.4 Å². The van der Waals surface area contributed by atoms with E-state index in [2.05, 4.69) is 60.6 Å². The monoisotopic (exact) mass is 508 g/mol. The van der Waals surface area contributed by atoms with Gasteiger partial charge in [-0.3, -0.25) is 14.5 Å². The van der Waals surface area contributed by atoms with E-state index in [1.54, 1.807) is 19.5 Å². The second-order valence-electron chi connectivity index (χ2n) is 9.42. The second kappa shape index (κ2) is 10.1. The molecule has 10 nitrogen and oxygen atoms in total. The Bertz CT molecular complexity index is 1670. The number of hydrogen-bond donors (Lipinski definition) is 3. The lowest BCUT2D eigenvalue weighted by Crippen LogP contribution is -2.29. The third kappa shape index (κ3) is 4.61. The maximum absolute atomic E-state index is 12.8. The molecular formula is C28H28N8O2. The van der Waals surface area contributed by atoms with Gasteiger partial charge in [-0.15, -0.1) is 0 Å². The molecule has 0 atom stereocenters. The molecule has 5 aromatic rings. The average Bonchev–Trinajstić information content (AvgIpc) is 3.44. The van der Waals surface area contributed by atoms with Crippen LogP contribution in [0.25, 0.3) is 33.3 Å². The molecule has 192 valence electrons. The fraction of sp³-hybridized carbons (Fsp3) is 0.250. The number of aromatic amines is 1. The molecule has 1 aliphatic heterocycles. The molecule has 0 unspecified atom stereocenters. The average molecular weight is 509 g/mol. The van der Waals surface area contributed by atoms with E-state index in [4.69, 9.17) is 9.72 Å². The lowest BCUT2D eigenvalue weighted by atomic mass is 10.0. The summed E-state index contributed by atoms with van der Waals surface area (Å²) in [4.78, 5) is 29.0. The number of nitrogens with one attached hydrogen (secondary N) is 3. The molecule has 0 bridgehead atoms. The van der Waals surface area contributed by atoms with Gasteiger partial charge in [0.2, 0.25) is 5.88 Å². The highest BCUT2D eigenvalue weighted by molar-refractivity contribution is 5.95. The first-order valence-corrected chi connectivity index (χ1v) is 12.6. The third-order valence-electron chi connectivity index (χ3n) is 6.92. The molecule has 6 rings (SSSR count). The quantitative estimate of drug-likeness (QED) is 0.311. The highest BCUT2D eigenvalue weighted by Gasteiger charge is 2.17. The number of anilines is 2. The Morgan fingerprint density at radius 1 is 1.05 bits per heavy atom. The maximum atomic E-state index is 12.8. The predicted octanol–water partition coefficient (Wildman–Crippen LogP) is 4.23. The zero-order chi connectivity index (χ0) is 26.1. The van der Waals surface area contributed by atoms with Gasteiger partial charge in [-0.25, -0.2) is 9.97 Å². The molecule has 0 saturated carbocycles.